The van der Waals surface area contributed by atoms with E-state index in [2.05, 4.69) is 9.72 Å². The van der Waals surface area contributed by atoms with Gasteiger partial charge >= 0.3 is 5.97 Å². The van der Waals surface area contributed by atoms with E-state index >= 15 is 0 Å². The van der Waals surface area contributed by atoms with Crippen LogP contribution in [-0.2, 0) is 9.53 Å². The number of H-pyrrole nitrogens is 1. The molecule has 0 radical (unpaired) electrons. The number of hydrogen-bond acceptors (Lipinski definition) is 4. The number of ether oxygens (including phenoxy) is 1. The van der Waals surface area contributed by atoms with Crippen molar-refractivity contribution < 1.29 is 14.3 Å². The van der Waals surface area contributed by atoms with Gasteiger partial charge in [0.2, 0.25) is 0 Å². The molecular weight excluding hydrogens is 220 g/mol. The molecule has 1 N–H and O–H groups in total. The largest absolute Gasteiger partial charge is 0.463 e. The molecule has 1 aromatic heterocycles. The molecule has 0 aliphatic rings. The zero-order valence-electron chi connectivity index (χ0n) is 8.98. The van der Waals surface area contributed by atoms with Gasteiger partial charge in [0, 0.05) is 11.6 Å². The summed E-state index contributed by atoms with van der Waals surface area (Å²) >= 11 is 0. The quantitative estimate of drug-likeness (QED) is 0.478. The third-order valence-electron chi connectivity index (χ3n) is 2.45. The number of aromatic nitrogens is 1. The highest BCUT2D eigenvalue weighted by atomic mass is 16.5. The van der Waals surface area contributed by atoms with E-state index in [0.29, 0.717) is 16.5 Å². The van der Waals surface area contributed by atoms with E-state index in [1.165, 1.54) is 6.20 Å². The van der Waals surface area contributed by atoms with E-state index in [9.17, 15) is 9.59 Å². The lowest BCUT2D eigenvalue weighted by Gasteiger charge is -1.97. The van der Waals surface area contributed by atoms with Gasteiger partial charge in [-0.25, -0.2) is 4.79 Å². The van der Waals surface area contributed by atoms with Crippen LogP contribution < -0.4 is 0 Å². The number of carbonyl (C=O) groups excluding carboxylic acids is 2. The number of nitriles is 1. The molecule has 17 heavy (non-hydrogen) atoms. The topological polar surface area (TPSA) is 83.0 Å². The van der Waals surface area contributed by atoms with Crippen molar-refractivity contribution in [2.45, 2.75) is 0 Å². The molecule has 0 fully saturated rings. The zero-order chi connectivity index (χ0) is 12.4. The van der Waals surface area contributed by atoms with Crippen LogP contribution in [0.25, 0.3) is 10.9 Å². The maximum absolute atomic E-state index is 11.7. The number of hydrogen-bond donors (Lipinski definition) is 1. The molecule has 0 unspecified atom stereocenters. The third-order valence-corrected chi connectivity index (χ3v) is 2.45. The van der Waals surface area contributed by atoms with Gasteiger partial charge in [-0.2, -0.15) is 5.26 Å². The average Bonchev–Trinajstić information content (AvgIpc) is 2.80. The van der Waals surface area contributed by atoms with Crippen LogP contribution in [0.1, 0.15) is 15.9 Å². The summed E-state index contributed by atoms with van der Waals surface area (Å²) in [5.41, 5.74) is 1.18. The molecule has 0 aliphatic carbocycles. The molecule has 2 aromatic rings. The number of ketones is 1. The number of esters is 1. The van der Waals surface area contributed by atoms with Gasteiger partial charge in [0.05, 0.1) is 23.8 Å². The first-order valence-corrected chi connectivity index (χ1v) is 4.82. The monoisotopic (exact) mass is 228 g/mol. The number of benzene rings is 1. The minimum Gasteiger partial charge on any atom is -0.463 e. The summed E-state index contributed by atoms with van der Waals surface area (Å²) in [6.45, 7) is 0. The van der Waals surface area contributed by atoms with Gasteiger partial charge in [0.1, 0.15) is 6.07 Å². The van der Waals surface area contributed by atoms with Crippen molar-refractivity contribution in [3.05, 3.63) is 35.5 Å². The smallest absolute Gasteiger partial charge is 0.379 e. The van der Waals surface area contributed by atoms with Crippen molar-refractivity contribution in [1.82, 2.24) is 4.98 Å². The molecule has 84 valence electrons. The number of carbonyl (C=O) groups is 2. The van der Waals surface area contributed by atoms with Crippen LogP contribution in [0.3, 0.4) is 0 Å². The summed E-state index contributed by atoms with van der Waals surface area (Å²) in [6.07, 6.45) is 1.41. The number of nitrogens with zero attached hydrogens (tertiary/aromatic N) is 1. The van der Waals surface area contributed by atoms with Crippen molar-refractivity contribution in [2.75, 3.05) is 7.11 Å². The second-order valence-electron chi connectivity index (χ2n) is 3.36. The van der Waals surface area contributed by atoms with Gasteiger partial charge in [-0.15, -0.1) is 0 Å². The Hall–Kier alpha value is -2.61. The van der Waals surface area contributed by atoms with Crippen LogP contribution in [-0.4, -0.2) is 23.8 Å². The third kappa shape index (κ3) is 1.66. The number of Topliss-reactive ketones (excluding diaryl/α,β-unsaturated/α-hetero) is 1. The molecule has 5 heteroatoms. The summed E-state index contributed by atoms with van der Waals surface area (Å²) in [5.74, 6) is -1.65. The van der Waals surface area contributed by atoms with Gasteiger partial charge in [0.15, 0.2) is 0 Å². The van der Waals surface area contributed by atoms with Gasteiger partial charge in [-0.1, -0.05) is 12.1 Å². The summed E-state index contributed by atoms with van der Waals surface area (Å²) < 4.78 is 4.37. The molecule has 0 saturated heterocycles. The van der Waals surface area contributed by atoms with E-state index < -0.39 is 11.8 Å². The van der Waals surface area contributed by atoms with Gasteiger partial charge in [-0.3, -0.25) is 4.79 Å². The van der Waals surface area contributed by atoms with Crippen LogP contribution in [0.2, 0.25) is 0 Å². The SMILES string of the molecule is COC(=O)C(=O)c1c[nH]c2c(C#N)cccc12. The van der Waals surface area contributed by atoms with Gasteiger partial charge < -0.3 is 9.72 Å². The Bertz CT molecular complexity index is 649. The van der Waals surface area contributed by atoms with Crippen molar-refractivity contribution in [3.8, 4) is 6.07 Å². The van der Waals surface area contributed by atoms with Crippen molar-refractivity contribution >= 4 is 22.7 Å². The van der Waals surface area contributed by atoms with Crippen molar-refractivity contribution in [1.29, 1.82) is 5.26 Å². The van der Waals surface area contributed by atoms with Crippen LogP contribution in [0.4, 0.5) is 0 Å². The predicted octanol–water partition coefficient (Wildman–Crippen LogP) is 1.40. The fraction of sp³-hybridized carbons (Fsp3) is 0.0833. The van der Waals surface area contributed by atoms with Crippen LogP contribution in [0.15, 0.2) is 24.4 Å². The summed E-state index contributed by atoms with van der Waals surface area (Å²) in [6, 6.07) is 6.96. The maximum Gasteiger partial charge on any atom is 0.379 e. The molecule has 1 aromatic carbocycles. The summed E-state index contributed by atoms with van der Waals surface area (Å²) in [7, 11) is 1.15. The lowest BCUT2D eigenvalue weighted by molar-refractivity contribution is -0.135. The van der Waals surface area contributed by atoms with E-state index in [1.54, 1.807) is 18.2 Å². The number of fused-ring (bicyclic) bond motifs is 1. The molecule has 5 nitrogen and oxygen atoms in total. The van der Waals surface area contributed by atoms with E-state index in [1.807, 2.05) is 6.07 Å². The average molecular weight is 228 g/mol. The number of methoxy groups -OCH3 is 1. The molecule has 0 atom stereocenters. The Labute approximate surface area is 96.6 Å². The molecule has 0 amide bonds. The zero-order valence-corrected chi connectivity index (χ0v) is 8.98. The molecular formula is C12H8N2O3. The second kappa shape index (κ2) is 4.10. The van der Waals surface area contributed by atoms with Gasteiger partial charge in [-0.05, 0) is 6.07 Å². The highest BCUT2D eigenvalue weighted by Gasteiger charge is 2.20. The lowest BCUT2D eigenvalue weighted by Crippen LogP contribution is -2.15. The Morgan fingerprint density at radius 1 is 1.41 bits per heavy atom. The highest BCUT2D eigenvalue weighted by Crippen LogP contribution is 2.21. The predicted molar refractivity (Wildman–Crippen MR) is 59.4 cm³/mol. The molecule has 2 rings (SSSR count). The molecule has 0 saturated carbocycles. The lowest BCUT2D eigenvalue weighted by atomic mass is 10.1. The fourth-order valence-corrected chi connectivity index (χ4v) is 1.64. The Morgan fingerprint density at radius 2 is 2.18 bits per heavy atom. The van der Waals surface area contributed by atoms with E-state index in [0.717, 1.165) is 7.11 Å². The number of rotatable bonds is 2. The van der Waals surface area contributed by atoms with E-state index in [4.69, 9.17) is 5.26 Å². The fourth-order valence-electron chi connectivity index (χ4n) is 1.64. The molecule has 0 spiro atoms. The summed E-state index contributed by atoms with van der Waals surface area (Å²) in [4.78, 5) is 25.6. The minimum absolute atomic E-state index is 0.212. The van der Waals surface area contributed by atoms with Crippen molar-refractivity contribution in [2.24, 2.45) is 0 Å². The standard InChI is InChI=1S/C12H8N2O3/c1-17-12(16)11(15)9-6-14-10-7(5-13)3-2-4-8(9)10/h2-4,6,14H,1H3. The second-order valence-corrected chi connectivity index (χ2v) is 3.36. The molecule has 0 aliphatic heterocycles. The minimum atomic E-state index is -0.923. The normalized spacial score (nSPS) is 9.88. The maximum atomic E-state index is 11.7. The Kier molecular flexibility index (Phi) is 2.63. The first kappa shape index (κ1) is 10.9. The first-order valence-electron chi connectivity index (χ1n) is 4.82. The van der Waals surface area contributed by atoms with Crippen LogP contribution in [0, 0.1) is 11.3 Å². The Morgan fingerprint density at radius 3 is 2.82 bits per heavy atom. The number of nitrogens with one attached hydrogen (secondary N) is 1. The number of para-hydroxylation sites is 1. The molecule has 0 bridgehead atoms. The van der Waals surface area contributed by atoms with E-state index in [-0.39, 0.29) is 5.56 Å². The first-order chi connectivity index (χ1) is 8.19. The molecule has 1 heterocycles. The van der Waals surface area contributed by atoms with Crippen molar-refractivity contribution in [3.63, 3.8) is 0 Å². The Balaban J connectivity index is 2.63. The summed E-state index contributed by atoms with van der Waals surface area (Å²) in [5, 5.41) is 9.43. The highest BCUT2D eigenvalue weighted by molar-refractivity contribution is 6.43. The van der Waals surface area contributed by atoms with Crippen LogP contribution >= 0.6 is 0 Å². The van der Waals surface area contributed by atoms with Gasteiger partial charge in [0.25, 0.3) is 5.78 Å². The number of aromatic amines is 1. The van der Waals surface area contributed by atoms with Crippen LogP contribution in [0.5, 0.6) is 0 Å².